The fourth-order valence-electron chi connectivity index (χ4n) is 2.97. The van der Waals surface area contributed by atoms with E-state index in [0.717, 1.165) is 12.8 Å². The summed E-state index contributed by atoms with van der Waals surface area (Å²) < 4.78 is 29.9. The molecule has 1 saturated carbocycles. The lowest BCUT2D eigenvalue weighted by molar-refractivity contribution is 0.0426. The van der Waals surface area contributed by atoms with E-state index in [1.54, 1.807) is 0 Å². The maximum Gasteiger partial charge on any atom is 0.505 e. The molecule has 1 atom stereocenters. The standard InChI is InChI=1S/C12H23NO4SSi/c1-10(2)19-15-7-12(17-19,8-16-19)13-9-18(14)11-5-3-4-6-11/h10-11,13H,3-9H2,1-2H3. The number of nitrogens with one attached hydrogen (secondary N) is 1. The van der Waals surface area contributed by atoms with Crippen LogP contribution in [0, 0.1) is 0 Å². The van der Waals surface area contributed by atoms with Crippen molar-refractivity contribution in [1.82, 2.24) is 5.32 Å². The van der Waals surface area contributed by atoms with E-state index in [4.69, 9.17) is 13.3 Å². The third kappa shape index (κ3) is 2.56. The van der Waals surface area contributed by atoms with Gasteiger partial charge in [0.25, 0.3) is 0 Å². The van der Waals surface area contributed by atoms with E-state index >= 15 is 0 Å². The van der Waals surface area contributed by atoms with Gasteiger partial charge in [0.1, 0.15) is 0 Å². The van der Waals surface area contributed by atoms with Gasteiger partial charge in [0.15, 0.2) is 5.72 Å². The molecule has 0 aromatic carbocycles. The summed E-state index contributed by atoms with van der Waals surface area (Å²) in [4.78, 5) is 0. The molecule has 3 aliphatic rings. The van der Waals surface area contributed by atoms with Crippen molar-refractivity contribution in [3.05, 3.63) is 0 Å². The molecule has 3 fully saturated rings. The Morgan fingerprint density at radius 3 is 2.47 bits per heavy atom. The normalized spacial score (nSPS) is 40.4. The van der Waals surface area contributed by atoms with Crippen LogP contribution in [0.4, 0.5) is 0 Å². The molecule has 0 spiro atoms. The molecule has 1 N–H and O–H groups in total. The molecular weight excluding hydrogens is 282 g/mol. The van der Waals surface area contributed by atoms with Crippen LogP contribution in [0.3, 0.4) is 0 Å². The van der Waals surface area contributed by atoms with Gasteiger partial charge in [-0.15, -0.1) is 0 Å². The second kappa shape index (κ2) is 5.20. The Balaban J connectivity index is 1.55. The third-order valence-electron chi connectivity index (χ3n) is 4.27. The summed E-state index contributed by atoms with van der Waals surface area (Å²) in [7, 11) is -3.26. The molecule has 110 valence electrons. The summed E-state index contributed by atoms with van der Waals surface area (Å²) in [6.07, 6.45) is 4.63. The number of fused-ring (bicyclic) bond motifs is 2. The predicted molar refractivity (Wildman–Crippen MR) is 75.0 cm³/mol. The van der Waals surface area contributed by atoms with Gasteiger partial charge < -0.3 is 13.3 Å². The van der Waals surface area contributed by atoms with E-state index in [1.807, 2.05) is 0 Å². The molecule has 2 saturated heterocycles. The summed E-state index contributed by atoms with van der Waals surface area (Å²) in [5, 5.41) is 3.67. The highest BCUT2D eigenvalue weighted by Crippen LogP contribution is 2.41. The highest BCUT2D eigenvalue weighted by molar-refractivity contribution is 7.85. The monoisotopic (exact) mass is 305 g/mol. The lowest BCUT2D eigenvalue weighted by Gasteiger charge is -2.25. The van der Waals surface area contributed by atoms with Crippen molar-refractivity contribution < 1.29 is 17.5 Å². The molecule has 0 aromatic heterocycles. The molecular formula is C12H23NO4SSi. The molecule has 0 aromatic rings. The van der Waals surface area contributed by atoms with Crippen molar-refractivity contribution in [2.75, 3.05) is 19.1 Å². The van der Waals surface area contributed by atoms with E-state index < -0.39 is 25.3 Å². The highest BCUT2D eigenvalue weighted by atomic mass is 32.2. The average molecular weight is 305 g/mol. The highest BCUT2D eigenvalue weighted by Gasteiger charge is 2.64. The van der Waals surface area contributed by atoms with Gasteiger partial charge in [0.2, 0.25) is 0 Å². The van der Waals surface area contributed by atoms with Gasteiger partial charge in [-0.25, -0.2) is 0 Å². The molecule has 3 rings (SSSR count). The second-order valence-electron chi connectivity index (χ2n) is 6.04. The van der Waals surface area contributed by atoms with E-state index in [9.17, 15) is 4.21 Å². The van der Waals surface area contributed by atoms with Gasteiger partial charge in [-0.1, -0.05) is 26.7 Å². The van der Waals surface area contributed by atoms with Crippen LogP contribution >= 0.6 is 0 Å². The summed E-state index contributed by atoms with van der Waals surface area (Å²) >= 11 is 0. The summed E-state index contributed by atoms with van der Waals surface area (Å²) in [5.41, 5.74) is -0.260. The topological polar surface area (TPSA) is 56.8 Å². The van der Waals surface area contributed by atoms with E-state index in [-0.39, 0.29) is 5.54 Å². The molecule has 5 nitrogen and oxygen atoms in total. The van der Waals surface area contributed by atoms with Crippen molar-refractivity contribution in [3.63, 3.8) is 0 Å². The molecule has 2 bridgehead atoms. The lowest BCUT2D eigenvalue weighted by atomic mass is 10.3. The Morgan fingerprint density at radius 1 is 1.32 bits per heavy atom. The van der Waals surface area contributed by atoms with Crippen molar-refractivity contribution in [2.45, 2.75) is 56.0 Å². The largest absolute Gasteiger partial charge is 0.505 e. The number of hydrogen-bond acceptors (Lipinski definition) is 5. The number of hydrogen-bond donors (Lipinski definition) is 1. The summed E-state index contributed by atoms with van der Waals surface area (Å²) in [6.45, 7) is 5.20. The van der Waals surface area contributed by atoms with Gasteiger partial charge in [0.05, 0.1) is 19.1 Å². The van der Waals surface area contributed by atoms with Gasteiger partial charge >= 0.3 is 8.80 Å². The van der Waals surface area contributed by atoms with E-state index in [0.29, 0.717) is 24.3 Å². The van der Waals surface area contributed by atoms with Crippen LogP contribution in [0.1, 0.15) is 39.5 Å². The van der Waals surface area contributed by atoms with Crippen molar-refractivity contribution in [3.8, 4) is 0 Å². The summed E-state index contributed by atoms with van der Waals surface area (Å²) in [6, 6.07) is 0. The Labute approximate surface area is 118 Å². The van der Waals surface area contributed by atoms with Crippen molar-refractivity contribution in [1.29, 1.82) is 0 Å². The Kier molecular flexibility index (Phi) is 3.87. The predicted octanol–water partition coefficient (Wildman–Crippen LogP) is 1.35. The van der Waals surface area contributed by atoms with Crippen LogP contribution in [0.25, 0.3) is 0 Å². The molecule has 7 heteroatoms. The van der Waals surface area contributed by atoms with Crippen molar-refractivity contribution >= 4 is 19.6 Å². The van der Waals surface area contributed by atoms with Gasteiger partial charge in [-0.3, -0.25) is 9.53 Å². The Hall–Kier alpha value is 0.207. The van der Waals surface area contributed by atoms with Gasteiger partial charge in [-0.2, -0.15) is 0 Å². The first kappa shape index (κ1) is 14.2. The molecule has 1 unspecified atom stereocenters. The fraction of sp³-hybridized carbons (Fsp3) is 1.00. The third-order valence-corrected chi connectivity index (χ3v) is 9.10. The molecule has 2 aliphatic heterocycles. The zero-order valence-electron chi connectivity index (χ0n) is 11.6. The SMILES string of the molecule is CC(C)[Si]12OCC(NCS(=O)C3CCCC3)(CO1)O2. The molecule has 0 radical (unpaired) electrons. The fourth-order valence-corrected chi connectivity index (χ4v) is 7.18. The number of rotatable bonds is 5. The van der Waals surface area contributed by atoms with Gasteiger partial charge in [-0.05, 0) is 12.8 Å². The molecule has 0 amide bonds. The zero-order valence-corrected chi connectivity index (χ0v) is 13.5. The maximum atomic E-state index is 12.2. The van der Waals surface area contributed by atoms with Crippen LogP contribution in [0.5, 0.6) is 0 Å². The zero-order chi connectivity index (χ0) is 13.5. The minimum Gasteiger partial charge on any atom is -0.369 e. The Morgan fingerprint density at radius 2 is 1.95 bits per heavy atom. The Bertz CT molecular complexity index is 365. The first-order chi connectivity index (χ1) is 9.05. The second-order valence-corrected chi connectivity index (χ2v) is 10.9. The maximum absolute atomic E-state index is 12.2. The first-order valence-electron chi connectivity index (χ1n) is 7.16. The lowest BCUT2D eigenvalue weighted by Crippen LogP contribution is -2.51. The van der Waals surface area contributed by atoms with E-state index in [1.165, 1.54) is 12.8 Å². The molecule has 1 aliphatic carbocycles. The van der Waals surface area contributed by atoms with Crippen LogP contribution in [-0.4, -0.2) is 43.1 Å². The van der Waals surface area contributed by atoms with Crippen LogP contribution in [0.2, 0.25) is 5.54 Å². The molecule has 2 heterocycles. The van der Waals surface area contributed by atoms with Crippen LogP contribution in [-0.2, 0) is 24.1 Å². The minimum atomic E-state index is -2.45. The van der Waals surface area contributed by atoms with Gasteiger partial charge in [0, 0.05) is 21.6 Å². The van der Waals surface area contributed by atoms with Crippen LogP contribution < -0.4 is 5.32 Å². The van der Waals surface area contributed by atoms with Crippen molar-refractivity contribution in [2.24, 2.45) is 0 Å². The van der Waals surface area contributed by atoms with Crippen LogP contribution in [0.15, 0.2) is 0 Å². The average Bonchev–Trinajstić information content (AvgIpc) is 3.11. The quantitative estimate of drug-likeness (QED) is 0.777. The smallest absolute Gasteiger partial charge is 0.369 e. The van der Waals surface area contributed by atoms with E-state index in [2.05, 4.69) is 19.2 Å². The minimum absolute atomic E-state index is 0.277. The summed E-state index contributed by atoms with van der Waals surface area (Å²) in [5.74, 6) is 0.486. The molecule has 19 heavy (non-hydrogen) atoms. The first-order valence-corrected chi connectivity index (χ1v) is 10.3.